The van der Waals surface area contributed by atoms with Gasteiger partial charge >= 0.3 is 23.9 Å². The molecule has 0 heterocycles. The van der Waals surface area contributed by atoms with Crippen LogP contribution in [0.2, 0.25) is 0 Å². The Labute approximate surface area is 187 Å². The fourth-order valence-electron chi connectivity index (χ4n) is 0.634. The molecule has 0 aromatic heterocycles. The molecule has 0 rings (SSSR count). The number of esters is 1. The van der Waals surface area contributed by atoms with E-state index in [-0.39, 0.29) is 11.5 Å². The number of carboxylic acid groups (broad SMARTS) is 3. The first kappa shape index (κ1) is 38.2. The second kappa shape index (κ2) is 31.2. The number of primary amides is 1. The molecule has 0 atom stereocenters. The summed E-state index contributed by atoms with van der Waals surface area (Å²) >= 11 is 0. The molecular formula is C21H30N2O9. The van der Waals surface area contributed by atoms with Gasteiger partial charge in [-0.25, -0.2) is 14.4 Å². The van der Waals surface area contributed by atoms with Crippen LogP contribution < -0.4 is 5.73 Å². The van der Waals surface area contributed by atoms with Crippen molar-refractivity contribution in [2.24, 2.45) is 5.73 Å². The molecule has 0 unspecified atom stereocenters. The largest absolute Gasteiger partial charge is 0.481 e. The standard InChI is InChI=1S/C7H12O2.C5H6O4.C3H5NO.C3H3N.C3H4O2/c1-3-5-6-9-7(8)4-2;1-3(5(8)9)2-4(6)7;1-2-3(4)5;1-2-3-4;1-2-3(4)5/h4H,2-3,5-6H2,1H3;1-2H2,(H,6,7)(H,8,9);2H,1H2,(H2,4,5);2H,1H2;2H,1H2,(H,4,5). The Hall–Kier alpha value is -4.46. The third-order valence-electron chi connectivity index (χ3n) is 2.04. The molecule has 0 radical (unpaired) electrons. The average molecular weight is 454 g/mol. The highest BCUT2D eigenvalue weighted by Gasteiger charge is 2.07. The van der Waals surface area contributed by atoms with Gasteiger partial charge in [-0.3, -0.25) is 9.59 Å². The SMILES string of the molecule is C=C(CC(=O)O)C(=O)O.C=CC#N.C=CC(=O)O.C=CC(=O)OCCCC.C=CC(N)=O. The van der Waals surface area contributed by atoms with Gasteiger partial charge < -0.3 is 25.8 Å². The number of ether oxygens (including phenoxy) is 1. The van der Waals surface area contributed by atoms with Gasteiger partial charge in [0.15, 0.2) is 0 Å². The normalized spacial score (nSPS) is 7.25. The van der Waals surface area contributed by atoms with E-state index in [1.165, 1.54) is 12.2 Å². The van der Waals surface area contributed by atoms with Crippen LogP contribution in [0.3, 0.4) is 0 Å². The third-order valence-corrected chi connectivity index (χ3v) is 2.04. The number of hydrogen-bond acceptors (Lipinski definition) is 7. The van der Waals surface area contributed by atoms with Crippen LogP contribution in [0.4, 0.5) is 0 Å². The number of carbonyl (C=O) groups is 5. The molecule has 11 nitrogen and oxygen atoms in total. The Morgan fingerprint density at radius 3 is 1.56 bits per heavy atom. The maximum Gasteiger partial charge on any atom is 0.331 e. The smallest absolute Gasteiger partial charge is 0.331 e. The Balaban J connectivity index is -0.0000000989. The minimum absolute atomic E-state index is 0.303. The molecule has 0 aliphatic heterocycles. The Morgan fingerprint density at radius 2 is 1.41 bits per heavy atom. The second-order valence-electron chi connectivity index (χ2n) is 4.69. The highest BCUT2D eigenvalue weighted by atomic mass is 16.5. The zero-order valence-corrected chi connectivity index (χ0v) is 18.0. The molecule has 32 heavy (non-hydrogen) atoms. The van der Waals surface area contributed by atoms with Gasteiger partial charge in [0.2, 0.25) is 5.91 Å². The van der Waals surface area contributed by atoms with Crippen LogP contribution >= 0.6 is 0 Å². The van der Waals surface area contributed by atoms with Crippen LogP contribution in [0.15, 0.2) is 62.8 Å². The quantitative estimate of drug-likeness (QED) is 0.173. The first-order valence-electron chi connectivity index (χ1n) is 8.50. The fourth-order valence-corrected chi connectivity index (χ4v) is 0.634. The van der Waals surface area contributed by atoms with Crippen LogP contribution in [0.5, 0.6) is 0 Å². The third kappa shape index (κ3) is 63.7. The predicted octanol–water partition coefficient (Wildman–Crippen LogP) is 2.23. The van der Waals surface area contributed by atoms with Gasteiger partial charge in [-0.15, -0.1) is 0 Å². The van der Waals surface area contributed by atoms with Gasteiger partial charge in [0.05, 0.1) is 19.1 Å². The number of rotatable bonds is 9. The molecule has 1 amide bonds. The maximum absolute atomic E-state index is 10.3. The van der Waals surface area contributed by atoms with Crippen molar-refractivity contribution in [1.82, 2.24) is 0 Å². The van der Waals surface area contributed by atoms with Gasteiger partial charge in [-0.1, -0.05) is 46.2 Å². The molecule has 11 heteroatoms. The lowest BCUT2D eigenvalue weighted by Gasteiger charge is -1.97. The number of nitriles is 1. The molecule has 0 bridgehead atoms. The lowest BCUT2D eigenvalue weighted by molar-refractivity contribution is -0.139. The average Bonchev–Trinajstić information content (AvgIpc) is 2.74. The lowest BCUT2D eigenvalue weighted by atomic mass is 10.2. The van der Waals surface area contributed by atoms with Crippen LogP contribution in [0, 0.1) is 11.3 Å². The number of amides is 1. The van der Waals surface area contributed by atoms with E-state index < -0.39 is 30.2 Å². The van der Waals surface area contributed by atoms with Crippen LogP contribution in [-0.4, -0.2) is 51.7 Å². The molecule has 0 aliphatic rings. The number of unbranched alkanes of at least 4 members (excludes halogenated alkanes) is 1. The van der Waals surface area contributed by atoms with Crippen molar-refractivity contribution in [1.29, 1.82) is 5.26 Å². The molecule has 0 aromatic carbocycles. The van der Waals surface area contributed by atoms with E-state index in [1.807, 2.05) is 6.92 Å². The summed E-state index contributed by atoms with van der Waals surface area (Å²) in [6.45, 7) is 18.0. The van der Waals surface area contributed by atoms with Crippen molar-refractivity contribution in [3.05, 3.63) is 62.8 Å². The van der Waals surface area contributed by atoms with Crippen molar-refractivity contribution in [2.45, 2.75) is 26.2 Å². The van der Waals surface area contributed by atoms with Gasteiger partial charge in [0.1, 0.15) is 0 Å². The highest BCUT2D eigenvalue weighted by Crippen LogP contribution is 1.95. The van der Waals surface area contributed by atoms with Gasteiger partial charge in [0, 0.05) is 23.8 Å². The first-order valence-corrected chi connectivity index (χ1v) is 8.50. The molecule has 178 valence electrons. The van der Waals surface area contributed by atoms with Crippen LogP contribution in [-0.2, 0) is 28.7 Å². The van der Waals surface area contributed by atoms with Crippen molar-refractivity contribution in [2.75, 3.05) is 6.61 Å². The van der Waals surface area contributed by atoms with Crippen molar-refractivity contribution < 1.29 is 44.0 Å². The maximum atomic E-state index is 10.3. The predicted molar refractivity (Wildman–Crippen MR) is 118 cm³/mol. The summed E-state index contributed by atoms with van der Waals surface area (Å²) < 4.78 is 4.67. The zero-order chi connectivity index (χ0) is 26.5. The van der Waals surface area contributed by atoms with E-state index in [0.29, 0.717) is 6.61 Å². The van der Waals surface area contributed by atoms with E-state index in [9.17, 15) is 24.0 Å². The number of aliphatic carboxylic acids is 3. The minimum atomic E-state index is -1.27. The molecule has 5 N–H and O–H groups in total. The summed E-state index contributed by atoms with van der Waals surface area (Å²) in [7, 11) is 0. The summed E-state index contributed by atoms with van der Waals surface area (Å²) in [6.07, 6.45) is 5.72. The van der Waals surface area contributed by atoms with Gasteiger partial charge in [-0.05, 0) is 12.5 Å². The second-order valence-corrected chi connectivity index (χ2v) is 4.69. The molecule has 0 spiro atoms. The van der Waals surface area contributed by atoms with Crippen molar-refractivity contribution in [3.8, 4) is 6.07 Å². The number of nitrogens with two attached hydrogens (primary N) is 1. The number of carboxylic acids is 3. The molecule has 0 saturated carbocycles. The monoisotopic (exact) mass is 454 g/mol. The van der Waals surface area contributed by atoms with Crippen LogP contribution in [0.25, 0.3) is 0 Å². The fraction of sp³-hybridized carbons (Fsp3) is 0.238. The molecule has 0 fully saturated rings. The summed E-state index contributed by atoms with van der Waals surface area (Å²) in [5.41, 5.74) is 4.23. The highest BCUT2D eigenvalue weighted by molar-refractivity contribution is 5.91. The van der Waals surface area contributed by atoms with E-state index in [2.05, 4.69) is 43.4 Å². The van der Waals surface area contributed by atoms with E-state index in [0.717, 1.165) is 25.0 Å². The summed E-state index contributed by atoms with van der Waals surface area (Å²) in [6, 6.07) is 1.69. The number of carbonyl (C=O) groups excluding carboxylic acids is 2. The molecule has 0 aliphatic carbocycles. The molecular weight excluding hydrogens is 424 g/mol. The Kier molecular flexibility index (Phi) is 37.3. The number of hydrogen-bond donors (Lipinski definition) is 4. The van der Waals surface area contributed by atoms with Crippen LogP contribution in [0.1, 0.15) is 26.2 Å². The summed E-state index contributed by atoms with van der Waals surface area (Å²) in [5.74, 6) is -4.24. The van der Waals surface area contributed by atoms with Gasteiger partial charge in [-0.2, -0.15) is 5.26 Å². The Bertz CT molecular complexity index is 672. The topological polar surface area (TPSA) is 205 Å². The van der Waals surface area contributed by atoms with Crippen molar-refractivity contribution in [3.63, 3.8) is 0 Å². The number of allylic oxidation sites excluding steroid dienone is 1. The summed E-state index contributed by atoms with van der Waals surface area (Å²) in [5, 5.41) is 31.2. The van der Waals surface area contributed by atoms with Gasteiger partial charge in [0.25, 0.3) is 0 Å². The lowest BCUT2D eigenvalue weighted by Crippen LogP contribution is -2.04. The van der Waals surface area contributed by atoms with E-state index in [1.54, 1.807) is 6.07 Å². The molecule has 0 aromatic rings. The number of nitrogens with zero attached hydrogens (tertiary/aromatic N) is 1. The minimum Gasteiger partial charge on any atom is -0.481 e. The molecule has 0 saturated heterocycles. The van der Waals surface area contributed by atoms with Crippen molar-refractivity contribution >= 4 is 29.8 Å². The first-order chi connectivity index (χ1) is 14.8. The van der Waals surface area contributed by atoms with E-state index >= 15 is 0 Å². The Morgan fingerprint density at radius 1 is 1.00 bits per heavy atom. The zero-order valence-electron chi connectivity index (χ0n) is 18.0. The van der Waals surface area contributed by atoms with E-state index in [4.69, 9.17) is 20.6 Å². The summed E-state index contributed by atoms with van der Waals surface area (Å²) in [4.78, 5) is 48.7.